The van der Waals surface area contributed by atoms with Crippen molar-refractivity contribution in [1.82, 2.24) is 37.5 Å². The molecule has 68 heavy (non-hydrogen) atoms. The van der Waals surface area contributed by atoms with E-state index in [1.165, 1.54) is 20.2 Å². The summed E-state index contributed by atoms with van der Waals surface area (Å²) in [6, 6.07) is 23.4. The Morgan fingerprint density at radius 2 is 1.15 bits per heavy atom. The van der Waals surface area contributed by atoms with Crippen LogP contribution in [0.3, 0.4) is 0 Å². The van der Waals surface area contributed by atoms with Gasteiger partial charge in [-0.15, -0.1) is 23.2 Å². The van der Waals surface area contributed by atoms with E-state index in [1.807, 2.05) is 54.2 Å². The van der Waals surface area contributed by atoms with Crippen molar-refractivity contribution in [3.8, 4) is 11.3 Å². The number of rotatable bonds is 7. The van der Waals surface area contributed by atoms with Gasteiger partial charge in [-0.1, -0.05) is 48.0 Å². The van der Waals surface area contributed by atoms with Gasteiger partial charge in [0.05, 0.1) is 43.9 Å². The van der Waals surface area contributed by atoms with Crippen molar-refractivity contribution < 1.29 is 145 Å². The van der Waals surface area contributed by atoms with Crippen molar-refractivity contribution in [2.45, 2.75) is 60.4 Å². The van der Waals surface area contributed by atoms with Crippen LogP contribution in [0.2, 0.25) is 5.15 Å². The van der Waals surface area contributed by atoms with E-state index >= 15 is 0 Å². The monoisotopic (exact) mass is 1080 g/mol. The van der Waals surface area contributed by atoms with Crippen LogP contribution in [0, 0.1) is 0 Å². The van der Waals surface area contributed by atoms with E-state index in [4.69, 9.17) is 54.2 Å². The van der Waals surface area contributed by atoms with Gasteiger partial charge in [0, 0.05) is 85.3 Å². The second kappa shape index (κ2) is 26.4. The topological polar surface area (TPSA) is 207 Å². The molecule has 0 saturated carbocycles. The van der Waals surface area contributed by atoms with E-state index in [1.54, 1.807) is 126 Å². The smallest absolute Gasteiger partial charge is 1.00 e. The van der Waals surface area contributed by atoms with Crippen LogP contribution >= 0.6 is 34.8 Å². The molecule has 25 heteroatoms. The van der Waals surface area contributed by atoms with Crippen LogP contribution in [0.15, 0.2) is 144 Å². The number of carbonyl (C=O) groups is 1. The third kappa shape index (κ3) is 15.4. The number of benzene rings is 2. The van der Waals surface area contributed by atoms with E-state index in [2.05, 4.69) is 25.1 Å². The Kier molecular flexibility index (Phi) is 23.3. The molecule has 0 atom stereocenters. The summed E-state index contributed by atoms with van der Waals surface area (Å²) in [6.45, 7) is 9.70. The Hall–Kier alpha value is -2.30. The molecule has 7 heterocycles. The number of aryl methyl sites for hydroxylation is 2. The minimum atomic E-state index is -3.65. The molecule has 0 spiro atoms. The molecule has 0 bridgehead atoms. The second-order valence-electron chi connectivity index (χ2n) is 15.2. The van der Waals surface area contributed by atoms with Gasteiger partial charge in [0.25, 0.3) is 26.5 Å². The van der Waals surface area contributed by atoms with Gasteiger partial charge in [-0.2, -0.15) is 10.2 Å². The van der Waals surface area contributed by atoms with Gasteiger partial charge < -0.3 is 20.9 Å². The fourth-order valence-electron chi connectivity index (χ4n) is 6.06. The van der Waals surface area contributed by atoms with Crippen LogP contribution in [-0.4, -0.2) is 83.9 Å². The number of hydrogen-bond acceptors (Lipinski definition) is 13. The number of fused-ring (bicyclic) bond motifs is 2. The third-order valence-electron chi connectivity index (χ3n) is 9.93. The molecule has 0 aliphatic carbocycles. The molecule has 1 aliphatic rings. The van der Waals surface area contributed by atoms with Gasteiger partial charge in [-0.25, -0.2) is 29.8 Å². The molecule has 1 saturated heterocycles. The molecular weight excluding hydrogens is 1030 g/mol. The van der Waals surface area contributed by atoms with Crippen LogP contribution in [-0.2, 0) is 53.1 Å². The van der Waals surface area contributed by atoms with Crippen LogP contribution in [0.25, 0.3) is 33.1 Å². The largest absolute Gasteiger partial charge is 1.00 e. The number of pyridine rings is 2. The Bertz CT molecular complexity index is 3090. The summed E-state index contributed by atoms with van der Waals surface area (Å²) in [4.78, 5) is 19.8. The summed E-state index contributed by atoms with van der Waals surface area (Å²) in [7, 11) is -3.85. The Morgan fingerprint density at radius 3 is 1.56 bits per heavy atom. The van der Waals surface area contributed by atoms with E-state index < -0.39 is 20.0 Å². The van der Waals surface area contributed by atoms with Gasteiger partial charge in [-0.05, 0) is 77.1 Å². The van der Waals surface area contributed by atoms with Crippen LogP contribution in [0.5, 0.6) is 0 Å². The van der Waals surface area contributed by atoms with E-state index in [-0.39, 0.29) is 149 Å². The first-order chi connectivity index (χ1) is 31.1. The quantitative estimate of drug-likeness (QED) is 0.0539. The SMILES string of the molecule is CC(Cl)Cl.Cn1cc(-c2cc3c(ccn3S(=O)(=O)c3ccccc3)cn2)cn1.Cn1cc(B2OC(C)(C)C(C)(C)O2)cn1.O=CO[O-].O=S(=O)(c1ccccc1)n1ccc2cnc(Cl)cc21.[H-].[K+].[K+]. The summed E-state index contributed by atoms with van der Waals surface area (Å²) >= 11 is 15.9. The first-order valence-electron chi connectivity index (χ1n) is 19.7. The summed E-state index contributed by atoms with van der Waals surface area (Å²) in [5, 5.41) is 18.4. The molecule has 350 valence electrons. The number of aromatic nitrogens is 8. The first-order valence-corrected chi connectivity index (χ1v) is 23.8. The minimum absolute atomic E-state index is 0. The molecular formula is C43H46BCl3K2N8O9S2. The van der Waals surface area contributed by atoms with Crippen molar-refractivity contribution in [2.24, 2.45) is 14.1 Å². The normalized spacial score (nSPS) is 13.5. The number of nitrogens with zero attached hydrogens (tertiary/aromatic N) is 8. The van der Waals surface area contributed by atoms with Crippen molar-refractivity contribution >= 4 is 95.7 Å². The Balaban J connectivity index is 0.000000329. The molecule has 17 nitrogen and oxygen atoms in total. The molecule has 2 aromatic carbocycles. The second-order valence-corrected chi connectivity index (χ2v) is 20.8. The maximum absolute atomic E-state index is 12.9. The summed E-state index contributed by atoms with van der Waals surface area (Å²) in [5.41, 5.74) is 3.02. The zero-order valence-corrected chi connectivity index (χ0v) is 48.8. The average Bonchev–Trinajstić information content (AvgIpc) is 4.13. The number of hydrogen-bond donors (Lipinski definition) is 0. The third-order valence-corrected chi connectivity index (χ3v) is 13.5. The molecule has 1 fully saturated rings. The number of carbonyl (C=O) groups excluding carboxylic acids is 1. The van der Waals surface area contributed by atoms with E-state index in [0.717, 1.165) is 21.8 Å². The molecule has 1 aliphatic heterocycles. The predicted octanol–water partition coefficient (Wildman–Crippen LogP) is 0.685. The van der Waals surface area contributed by atoms with E-state index in [0.29, 0.717) is 16.7 Å². The summed E-state index contributed by atoms with van der Waals surface area (Å²) < 4.78 is 68.5. The standard InChI is InChI=1S/C17H14N4O2S.C13H9ClN2O2S.C10H17BN2O2.C2H4Cl2.CH2O3.2K.H/c1-20-12-14(11-19-20)16-9-17-13(10-18-16)7-8-21(17)24(22,23)15-5-3-2-4-6-15;14-13-8-12-10(9-15-13)6-7-16(12)19(17,18)11-4-2-1-3-5-11;1-9(2)10(3,4)15-11(14-9)8-6-12-13(5)7-8;1-2(3)4;2-1-4-3;;;/h2-12H,1H3;1-9H;6-7H,1-5H3;2H,1H3;1,3H;;;/q;;;;;2*+1;-1/p-1. The summed E-state index contributed by atoms with van der Waals surface area (Å²) in [5.74, 6) is 0. The average molecular weight is 1080 g/mol. The number of halogens is 3. The fraction of sp³-hybridized carbons (Fsp3) is 0.233. The van der Waals surface area contributed by atoms with Crippen molar-refractivity contribution in [2.75, 3.05) is 0 Å². The van der Waals surface area contributed by atoms with Gasteiger partial charge >= 0.3 is 110 Å². The van der Waals surface area contributed by atoms with Crippen LogP contribution < -0.4 is 113 Å². The Labute approximate surface area is 496 Å². The van der Waals surface area contributed by atoms with Gasteiger partial charge in [0.2, 0.25) is 0 Å². The molecule has 0 unspecified atom stereocenters. The van der Waals surface area contributed by atoms with Crippen molar-refractivity contribution in [1.29, 1.82) is 0 Å². The minimum Gasteiger partial charge on any atom is -1.00 e. The maximum Gasteiger partial charge on any atom is 1.00 e. The summed E-state index contributed by atoms with van der Waals surface area (Å²) in [6.07, 6.45) is 13.5. The van der Waals surface area contributed by atoms with Gasteiger partial charge in [0.15, 0.2) is 0 Å². The van der Waals surface area contributed by atoms with Gasteiger partial charge in [-0.3, -0.25) is 19.1 Å². The molecule has 0 N–H and O–H groups in total. The van der Waals surface area contributed by atoms with Crippen LogP contribution in [0.4, 0.5) is 0 Å². The van der Waals surface area contributed by atoms with Crippen molar-refractivity contribution in [3.05, 3.63) is 140 Å². The zero-order chi connectivity index (χ0) is 48.5. The predicted molar refractivity (Wildman–Crippen MR) is 253 cm³/mol. The van der Waals surface area contributed by atoms with Gasteiger partial charge in [0.1, 0.15) is 9.99 Å². The molecule has 0 radical (unpaired) electrons. The van der Waals surface area contributed by atoms with Crippen molar-refractivity contribution in [3.63, 3.8) is 0 Å². The molecule has 6 aromatic heterocycles. The molecule has 8 aromatic rings. The first kappa shape index (κ1) is 60.0. The Morgan fingerprint density at radius 1 is 0.721 bits per heavy atom. The number of alkyl halides is 2. The zero-order valence-electron chi connectivity index (χ0n) is 39.6. The maximum atomic E-state index is 12.9. The van der Waals surface area contributed by atoms with E-state index in [9.17, 15) is 16.8 Å². The molecule has 0 amide bonds. The molecule has 9 rings (SSSR count). The fourth-order valence-corrected chi connectivity index (χ4v) is 8.95. The van der Waals surface area contributed by atoms with Crippen LogP contribution in [0.1, 0.15) is 36.0 Å².